The third-order valence-electron chi connectivity index (χ3n) is 0.982. The fourth-order valence-electron chi connectivity index (χ4n) is 0.452. The van der Waals surface area contributed by atoms with Crippen LogP contribution in [-0.2, 0) is 14.3 Å². The second-order valence-corrected chi connectivity index (χ2v) is 2.11. The van der Waals surface area contributed by atoms with Crippen molar-refractivity contribution in [2.75, 3.05) is 6.61 Å². The number of carboxylic acid groups (broad SMARTS) is 1. The average molecular weight is 190 g/mol. The van der Waals surface area contributed by atoms with E-state index < -0.39 is 18.2 Å². The van der Waals surface area contributed by atoms with Gasteiger partial charge in [-0.1, -0.05) is 0 Å². The highest BCUT2D eigenvalue weighted by Gasteiger charge is 2.01. The number of rotatable bonds is 5. The Labute approximate surface area is 74.1 Å². The van der Waals surface area contributed by atoms with Gasteiger partial charge in [0, 0.05) is 18.6 Å². The lowest BCUT2D eigenvalue weighted by molar-refractivity contribution is -0.141. The molecule has 6 heteroatoms. The predicted molar refractivity (Wildman–Crippen MR) is 40.6 cm³/mol. The molecule has 0 radical (unpaired) electrons. The molecule has 0 bridgehead atoms. The van der Waals surface area contributed by atoms with Crippen molar-refractivity contribution in [3.63, 3.8) is 0 Å². The van der Waals surface area contributed by atoms with Gasteiger partial charge < -0.3 is 20.1 Å². The zero-order valence-electron chi connectivity index (χ0n) is 6.71. The van der Waals surface area contributed by atoms with Crippen molar-refractivity contribution in [2.24, 2.45) is 0 Å². The van der Waals surface area contributed by atoms with Crippen molar-refractivity contribution in [3.05, 3.63) is 12.2 Å². The first-order valence-corrected chi connectivity index (χ1v) is 3.46. The van der Waals surface area contributed by atoms with E-state index in [-0.39, 0.29) is 13.0 Å². The minimum Gasteiger partial charge on any atom is -0.478 e. The van der Waals surface area contributed by atoms with Crippen LogP contribution in [0.1, 0.15) is 6.42 Å². The van der Waals surface area contributed by atoms with E-state index in [0.717, 1.165) is 6.08 Å². The number of carbonyl (C=O) groups is 2. The summed E-state index contributed by atoms with van der Waals surface area (Å²) in [4.78, 5) is 20.5. The van der Waals surface area contributed by atoms with E-state index in [4.69, 9.17) is 15.3 Å². The van der Waals surface area contributed by atoms with Crippen molar-refractivity contribution < 1.29 is 29.6 Å². The minimum atomic E-state index is -1.53. The molecule has 6 nitrogen and oxygen atoms in total. The largest absolute Gasteiger partial charge is 0.478 e. The van der Waals surface area contributed by atoms with E-state index in [1.165, 1.54) is 0 Å². The second kappa shape index (κ2) is 6.15. The summed E-state index contributed by atoms with van der Waals surface area (Å²) < 4.78 is 4.39. The first-order valence-electron chi connectivity index (χ1n) is 3.46. The second-order valence-electron chi connectivity index (χ2n) is 2.11. The summed E-state index contributed by atoms with van der Waals surface area (Å²) in [5.41, 5.74) is 0. The van der Waals surface area contributed by atoms with Crippen molar-refractivity contribution >= 4 is 11.9 Å². The normalized spacial score (nSPS) is 10.7. The summed E-state index contributed by atoms with van der Waals surface area (Å²) in [6.45, 7) is -0.166. The number of ether oxygens (including phenoxy) is 1. The third kappa shape index (κ3) is 8.51. The maximum Gasteiger partial charge on any atom is 0.331 e. The van der Waals surface area contributed by atoms with Crippen molar-refractivity contribution in [1.82, 2.24) is 0 Å². The lowest BCUT2D eigenvalue weighted by atomic mass is 10.4. The Bertz CT molecular complexity index is 207. The Kier molecular flexibility index (Phi) is 5.49. The fraction of sp³-hybridized carbons (Fsp3) is 0.429. The van der Waals surface area contributed by atoms with E-state index in [1.807, 2.05) is 0 Å². The molecular weight excluding hydrogens is 180 g/mol. The number of carboxylic acids is 1. The summed E-state index contributed by atoms with van der Waals surface area (Å²) in [6, 6.07) is 0. The Balaban J connectivity index is 3.58. The maximum atomic E-state index is 10.6. The SMILES string of the molecule is O=C(O)/C=C\C(=O)OCCC(O)O. The summed E-state index contributed by atoms with van der Waals surface area (Å²) in [6.07, 6.45) is -0.257. The van der Waals surface area contributed by atoms with E-state index in [1.54, 1.807) is 0 Å². The molecule has 0 unspecified atom stereocenters. The quantitative estimate of drug-likeness (QED) is 0.288. The van der Waals surface area contributed by atoms with Crippen LogP contribution < -0.4 is 0 Å². The number of hydrogen-bond acceptors (Lipinski definition) is 5. The molecule has 0 atom stereocenters. The Morgan fingerprint density at radius 2 is 1.92 bits per heavy atom. The van der Waals surface area contributed by atoms with Gasteiger partial charge in [0.2, 0.25) is 0 Å². The van der Waals surface area contributed by atoms with E-state index in [0.29, 0.717) is 6.08 Å². The van der Waals surface area contributed by atoms with Gasteiger partial charge in [0.25, 0.3) is 0 Å². The van der Waals surface area contributed by atoms with Crippen LogP contribution in [0.5, 0.6) is 0 Å². The van der Waals surface area contributed by atoms with Gasteiger partial charge in [-0.15, -0.1) is 0 Å². The average Bonchev–Trinajstić information content (AvgIpc) is 2.00. The molecule has 0 aromatic rings. The Morgan fingerprint density at radius 3 is 2.38 bits per heavy atom. The van der Waals surface area contributed by atoms with Gasteiger partial charge in [0.1, 0.15) is 0 Å². The number of carbonyl (C=O) groups excluding carboxylic acids is 1. The minimum absolute atomic E-state index is 0.105. The van der Waals surface area contributed by atoms with Crippen LogP contribution in [0.3, 0.4) is 0 Å². The number of aliphatic hydroxyl groups excluding tert-OH is 1. The Morgan fingerprint density at radius 1 is 1.31 bits per heavy atom. The van der Waals surface area contributed by atoms with Gasteiger partial charge >= 0.3 is 11.9 Å². The predicted octanol–water partition coefficient (Wildman–Crippen LogP) is -1.13. The van der Waals surface area contributed by atoms with E-state index >= 15 is 0 Å². The van der Waals surface area contributed by atoms with Gasteiger partial charge in [0.15, 0.2) is 6.29 Å². The Hall–Kier alpha value is -1.40. The number of aliphatic hydroxyl groups is 2. The van der Waals surface area contributed by atoms with Crippen LogP contribution in [-0.4, -0.2) is 40.2 Å². The van der Waals surface area contributed by atoms with Gasteiger partial charge in [-0.25, -0.2) is 9.59 Å². The molecule has 0 saturated carbocycles. The number of hydrogen-bond donors (Lipinski definition) is 3. The molecule has 0 aliphatic carbocycles. The van der Waals surface area contributed by atoms with Gasteiger partial charge in [-0.2, -0.15) is 0 Å². The summed E-state index contributed by atoms with van der Waals surface area (Å²) in [5, 5.41) is 24.8. The molecule has 0 amide bonds. The van der Waals surface area contributed by atoms with Crippen molar-refractivity contribution in [3.8, 4) is 0 Å². The standard InChI is InChI=1S/C7H10O6/c8-5(9)1-2-7(12)13-4-3-6(10)11/h1-2,6,10-11H,3-4H2,(H,8,9)/b2-1-. The topological polar surface area (TPSA) is 104 Å². The zero-order chi connectivity index (χ0) is 10.3. The van der Waals surface area contributed by atoms with Crippen molar-refractivity contribution in [1.29, 1.82) is 0 Å². The third-order valence-corrected chi connectivity index (χ3v) is 0.982. The lowest BCUT2D eigenvalue weighted by Crippen LogP contribution is -2.11. The lowest BCUT2D eigenvalue weighted by Gasteiger charge is -2.02. The summed E-state index contributed by atoms with van der Waals surface area (Å²) >= 11 is 0. The van der Waals surface area contributed by atoms with Crippen LogP contribution >= 0.6 is 0 Å². The highest BCUT2D eigenvalue weighted by atomic mass is 16.5. The molecule has 0 heterocycles. The van der Waals surface area contributed by atoms with Crippen LogP contribution in [0, 0.1) is 0 Å². The molecule has 0 aliphatic heterocycles. The summed E-state index contributed by atoms with van der Waals surface area (Å²) in [7, 11) is 0. The smallest absolute Gasteiger partial charge is 0.331 e. The first-order chi connectivity index (χ1) is 6.02. The van der Waals surface area contributed by atoms with E-state index in [9.17, 15) is 9.59 Å². The van der Waals surface area contributed by atoms with Crippen LogP contribution in [0.15, 0.2) is 12.2 Å². The summed E-state index contributed by atoms with van der Waals surface area (Å²) in [5.74, 6) is -2.08. The zero-order valence-corrected chi connectivity index (χ0v) is 6.71. The fourth-order valence-corrected chi connectivity index (χ4v) is 0.452. The molecule has 0 aliphatic rings. The molecule has 13 heavy (non-hydrogen) atoms. The molecule has 0 aromatic carbocycles. The van der Waals surface area contributed by atoms with Gasteiger partial charge in [-0.3, -0.25) is 0 Å². The van der Waals surface area contributed by atoms with E-state index in [2.05, 4.69) is 4.74 Å². The molecule has 3 N–H and O–H groups in total. The highest BCUT2D eigenvalue weighted by molar-refractivity contribution is 5.90. The van der Waals surface area contributed by atoms with Crippen molar-refractivity contribution in [2.45, 2.75) is 12.7 Å². The number of esters is 1. The molecule has 0 fully saturated rings. The van der Waals surface area contributed by atoms with Crippen LogP contribution in [0.2, 0.25) is 0 Å². The monoisotopic (exact) mass is 190 g/mol. The number of aliphatic carboxylic acids is 1. The molecule has 0 saturated heterocycles. The molecule has 0 rings (SSSR count). The molecular formula is C7H10O6. The molecule has 0 aromatic heterocycles. The highest BCUT2D eigenvalue weighted by Crippen LogP contribution is 1.89. The molecule has 0 spiro atoms. The molecule has 74 valence electrons. The van der Waals surface area contributed by atoms with Gasteiger partial charge in [0.05, 0.1) is 6.61 Å². The first kappa shape index (κ1) is 11.6. The maximum absolute atomic E-state index is 10.6. The van der Waals surface area contributed by atoms with Crippen LogP contribution in [0.4, 0.5) is 0 Å². The van der Waals surface area contributed by atoms with Crippen LogP contribution in [0.25, 0.3) is 0 Å². The van der Waals surface area contributed by atoms with Gasteiger partial charge in [-0.05, 0) is 0 Å².